The second kappa shape index (κ2) is 8.50. The normalized spacial score (nSPS) is 25.8. The average molecular weight is 514 g/mol. The van der Waals surface area contributed by atoms with Gasteiger partial charge in [-0.2, -0.15) is 0 Å². The average Bonchev–Trinajstić information content (AvgIpc) is 2.99. The van der Waals surface area contributed by atoms with E-state index in [-0.39, 0.29) is 11.4 Å². The number of benzene rings is 2. The maximum absolute atomic E-state index is 15.3. The lowest BCUT2D eigenvalue weighted by Gasteiger charge is -2.39. The molecular weight excluding hydrogens is 482 g/mol. The Morgan fingerprint density at radius 1 is 0.972 bits per heavy atom. The van der Waals surface area contributed by atoms with E-state index >= 15 is 4.39 Å². The number of carbonyl (C=O) groups excluding carboxylic acids is 1. The SMILES string of the molecule is CC1(c2cc(B3OC(C)(C)C(C)(C)O3)ccc2F)CS(=O)(=O)C(C)(C)C(NC(=O)c2ccccc2)=N1. The van der Waals surface area contributed by atoms with E-state index in [0.29, 0.717) is 11.0 Å². The summed E-state index contributed by atoms with van der Waals surface area (Å²) >= 11 is 0. The van der Waals surface area contributed by atoms with Crippen LogP contribution >= 0.6 is 0 Å². The van der Waals surface area contributed by atoms with E-state index in [1.165, 1.54) is 19.9 Å². The number of sulfone groups is 1. The Morgan fingerprint density at radius 3 is 2.14 bits per heavy atom. The van der Waals surface area contributed by atoms with Gasteiger partial charge in [0.2, 0.25) is 0 Å². The molecule has 2 aromatic carbocycles. The fourth-order valence-electron chi connectivity index (χ4n) is 4.28. The minimum atomic E-state index is -3.85. The molecule has 10 heteroatoms. The predicted octanol–water partition coefficient (Wildman–Crippen LogP) is 3.38. The third-order valence-electron chi connectivity index (χ3n) is 7.54. The van der Waals surface area contributed by atoms with Crippen LogP contribution in [0.3, 0.4) is 0 Å². The molecule has 192 valence electrons. The summed E-state index contributed by atoms with van der Waals surface area (Å²) in [4.78, 5) is 17.5. The maximum atomic E-state index is 15.3. The highest BCUT2D eigenvalue weighted by Gasteiger charge is 2.53. The summed E-state index contributed by atoms with van der Waals surface area (Å²) < 4.78 is 52.9. The molecular formula is C26H32BFN2O5S. The van der Waals surface area contributed by atoms with Crippen molar-refractivity contribution in [3.63, 3.8) is 0 Å². The van der Waals surface area contributed by atoms with Crippen molar-refractivity contribution in [1.82, 2.24) is 5.32 Å². The molecule has 0 aromatic heterocycles. The summed E-state index contributed by atoms with van der Waals surface area (Å²) in [5, 5.41) is 2.68. The van der Waals surface area contributed by atoms with Gasteiger partial charge in [-0.25, -0.2) is 12.8 Å². The summed E-state index contributed by atoms with van der Waals surface area (Å²) in [6.07, 6.45) is 0. The first-order valence-electron chi connectivity index (χ1n) is 11.8. The molecule has 0 bridgehead atoms. The Morgan fingerprint density at radius 2 is 1.56 bits per heavy atom. The Hall–Kier alpha value is -2.56. The molecule has 0 saturated carbocycles. The van der Waals surface area contributed by atoms with Crippen molar-refractivity contribution >= 4 is 34.2 Å². The van der Waals surface area contributed by atoms with Gasteiger partial charge in [-0.05, 0) is 72.1 Å². The minimum Gasteiger partial charge on any atom is -0.399 e. The maximum Gasteiger partial charge on any atom is 0.494 e. The van der Waals surface area contributed by atoms with E-state index in [0.717, 1.165) is 0 Å². The van der Waals surface area contributed by atoms with Crippen molar-refractivity contribution in [3.05, 3.63) is 65.5 Å². The van der Waals surface area contributed by atoms with Crippen LogP contribution in [0, 0.1) is 5.82 Å². The molecule has 1 atom stereocenters. The Balaban J connectivity index is 1.78. The van der Waals surface area contributed by atoms with Crippen LogP contribution in [-0.2, 0) is 24.7 Å². The molecule has 1 saturated heterocycles. The quantitative estimate of drug-likeness (QED) is 0.634. The van der Waals surface area contributed by atoms with Gasteiger partial charge in [0.1, 0.15) is 21.9 Å². The molecule has 1 unspecified atom stereocenters. The topological polar surface area (TPSA) is 94.1 Å². The summed E-state index contributed by atoms with van der Waals surface area (Å²) in [6.45, 7) is 12.2. The van der Waals surface area contributed by atoms with Crippen molar-refractivity contribution in [2.75, 3.05) is 5.75 Å². The predicted molar refractivity (Wildman–Crippen MR) is 139 cm³/mol. The zero-order chi connectivity index (χ0) is 26.7. The van der Waals surface area contributed by atoms with E-state index < -0.39 is 55.9 Å². The first-order chi connectivity index (χ1) is 16.5. The number of hydrogen-bond donors (Lipinski definition) is 1. The number of amides is 1. The number of amidine groups is 1. The van der Waals surface area contributed by atoms with E-state index in [9.17, 15) is 13.2 Å². The van der Waals surface area contributed by atoms with Gasteiger partial charge >= 0.3 is 7.12 Å². The monoisotopic (exact) mass is 514 g/mol. The molecule has 1 amide bonds. The second-order valence-corrected chi connectivity index (χ2v) is 13.7. The van der Waals surface area contributed by atoms with Crippen LogP contribution < -0.4 is 10.8 Å². The first-order valence-corrected chi connectivity index (χ1v) is 13.5. The summed E-state index contributed by atoms with van der Waals surface area (Å²) in [6, 6.07) is 12.8. The van der Waals surface area contributed by atoms with Gasteiger partial charge in [-0.1, -0.05) is 30.3 Å². The largest absolute Gasteiger partial charge is 0.494 e. The van der Waals surface area contributed by atoms with Gasteiger partial charge in [-0.15, -0.1) is 0 Å². The lowest BCUT2D eigenvalue weighted by atomic mass is 9.76. The van der Waals surface area contributed by atoms with Gasteiger partial charge in [0.05, 0.1) is 17.0 Å². The summed E-state index contributed by atoms with van der Waals surface area (Å²) in [5.74, 6) is -1.56. The van der Waals surface area contributed by atoms with Crippen molar-refractivity contribution in [1.29, 1.82) is 0 Å². The second-order valence-electron chi connectivity index (χ2n) is 11.2. The Bertz CT molecular complexity index is 1330. The van der Waals surface area contributed by atoms with Crippen molar-refractivity contribution in [3.8, 4) is 0 Å². The fourth-order valence-corrected chi connectivity index (χ4v) is 5.99. The van der Waals surface area contributed by atoms with Crippen LogP contribution in [0.4, 0.5) is 4.39 Å². The molecule has 0 spiro atoms. The van der Waals surface area contributed by atoms with E-state index in [1.807, 2.05) is 27.7 Å². The number of nitrogens with zero attached hydrogens (tertiary/aromatic N) is 1. The number of halogens is 1. The molecule has 2 aliphatic heterocycles. The number of aliphatic imine (C=N–C) groups is 1. The third-order valence-corrected chi connectivity index (χ3v) is 10.2. The molecule has 2 aromatic rings. The number of nitrogens with one attached hydrogen (secondary N) is 1. The first kappa shape index (κ1) is 26.5. The molecule has 4 rings (SSSR count). The third kappa shape index (κ3) is 4.39. The minimum absolute atomic E-state index is 0.0365. The highest BCUT2D eigenvalue weighted by molar-refractivity contribution is 7.93. The van der Waals surface area contributed by atoms with Crippen LogP contribution in [0.2, 0.25) is 0 Å². The van der Waals surface area contributed by atoms with Crippen LogP contribution in [0.15, 0.2) is 53.5 Å². The lowest BCUT2D eigenvalue weighted by Crippen LogP contribution is -2.57. The van der Waals surface area contributed by atoms with Crippen LogP contribution in [0.1, 0.15) is 64.4 Å². The molecule has 0 radical (unpaired) electrons. The van der Waals surface area contributed by atoms with Gasteiger partial charge in [0.15, 0.2) is 9.84 Å². The van der Waals surface area contributed by atoms with E-state index in [2.05, 4.69) is 10.3 Å². The van der Waals surface area contributed by atoms with Gasteiger partial charge in [0.25, 0.3) is 5.91 Å². The van der Waals surface area contributed by atoms with Crippen molar-refractivity contribution < 1.29 is 26.9 Å². The highest BCUT2D eigenvalue weighted by atomic mass is 32.2. The van der Waals surface area contributed by atoms with Crippen molar-refractivity contribution in [2.45, 2.75) is 70.0 Å². The number of hydrogen-bond acceptors (Lipinski definition) is 6. The van der Waals surface area contributed by atoms with Gasteiger partial charge in [0, 0.05) is 11.1 Å². The smallest absolute Gasteiger partial charge is 0.399 e. The zero-order valence-corrected chi connectivity index (χ0v) is 22.5. The van der Waals surface area contributed by atoms with Crippen LogP contribution in [0.5, 0.6) is 0 Å². The molecule has 7 nitrogen and oxygen atoms in total. The molecule has 2 aliphatic rings. The fraction of sp³-hybridized carbons (Fsp3) is 0.462. The number of rotatable bonds is 3. The molecule has 36 heavy (non-hydrogen) atoms. The number of carbonyl (C=O) groups is 1. The molecule has 1 fully saturated rings. The highest BCUT2D eigenvalue weighted by Crippen LogP contribution is 2.39. The zero-order valence-electron chi connectivity index (χ0n) is 21.7. The Kier molecular flexibility index (Phi) is 6.26. The lowest BCUT2D eigenvalue weighted by molar-refractivity contribution is 0.00578. The van der Waals surface area contributed by atoms with Crippen LogP contribution in [-0.4, -0.2) is 49.0 Å². The van der Waals surface area contributed by atoms with Gasteiger partial charge < -0.3 is 14.6 Å². The molecule has 0 aliphatic carbocycles. The standard InChI is InChI=1S/C26H32BFN2O5S/c1-23(2)22(29-21(31)17-11-9-8-10-12-17)30-26(7,16-36(23,32)33)19-15-18(13-14-20(19)28)27-34-24(3,4)25(5,6)35-27/h8-15H,16H2,1-7H3,(H,29,30,31). The molecule has 2 heterocycles. The van der Waals surface area contributed by atoms with Gasteiger partial charge in [-0.3, -0.25) is 9.79 Å². The Labute approximate surface area is 212 Å². The van der Waals surface area contributed by atoms with E-state index in [1.54, 1.807) is 49.4 Å². The van der Waals surface area contributed by atoms with E-state index in [4.69, 9.17) is 9.31 Å². The summed E-state index contributed by atoms with van der Waals surface area (Å²) in [7, 11) is -4.61. The summed E-state index contributed by atoms with van der Waals surface area (Å²) in [5.41, 5.74) is -1.69. The molecule has 1 N–H and O–H groups in total. The van der Waals surface area contributed by atoms with Crippen molar-refractivity contribution in [2.24, 2.45) is 4.99 Å². The van der Waals surface area contributed by atoms with Crippen LogP contribution in [0.25, 0.3) is 0 Å².